The molecule has 2 heterocycles. The molecule has 7 heteroatoms. The number of benzene rings is 2. The van der Waals surface area contributed by atoms with E-state index in [0.717, 1.165) is 50.6 Å². The van der Waals surface area contributed by atoms with Gasteiger partial charge in [-0.05, 0) is 48.4 Å². The Morgan fingerprint density at radius 1 is 1.00 bits per heavy atom. The molecule has 1 aliphatic rings. The van der Waals surface area contributed by atoms with Crippen LogP contribution in [0.1, 0.15) is 22.3 Å². The van der Waals surface area contributed by atoms with E-state index in [-0.39, 0.29) is 5.91 Å². The van der Waals surface area contributed by atoms with E-state index in [2.05, 4.69) is 27.1 Å². The molecule has 2 aromatic carbocycles. The highest BCUT2D eigenvalue weighted by atomic mass is 16.5. The molecular formula is C22H25N5O2. The summed E-state index contributed by atoms with van der Waals surface area (Å²) in [6.45, 7) is 4.26. The van der Waals surface area contributed by atoms with Gasteiger partial charge in [0.05, 0.1) is 12.8 Å². The second-order valence-electron chi connectivity index (χ2n) is 7.16. The Bertz CT molecular complexity index is 923. The average molecular weight is 391 g/mol. The van der Waals surface area contributed by atoms with Crippen LogP contribution in [0.3, 0.4) is 0 Å². The maximum atomic E-state index is 12.9. The topological polar surface area (TPSA) is 63.5 Å². The van der Waals surface area contributed by atoms with Crippen LogP contribution in [0, 0.1) is 0 Å². The van der Waals surface area contributed by atoms with Crippen molar-refractivity contribution in [2.75, 3.05) is 33.3 Å². The van der Waals surface area contributed by atoms with Gasteiger partial charge in [-0.3, -0.25) is 9.69 Å². The third-order valence-electron chi connectivity index (χ3n) is 5.24. The van der Waals surface area contributed by atoms with Gasteiger partial charge in [0.25, 0.3) is 5.91 Å². The van der Waals surface area contributed by atoms with Crippen molar-refractivity contribution in [2.45, 2.75) is 13.0 Å². The lowest BCUT2D eigenvalue weighted by molar-refractivity contribution is 0.0761. The van der Waals surface area contributed by atoms with E-state index < -0.39 is 0 Å². The molecule has 0 saturated carbocycles. The Morgan fingerprint density at radius 3 is 2.48 bits per heavy atom. The summed E-state index contributed by atoms with van der Waals surface area (Å²) in [6, 6.07) is 15.7. The molecule has 0 N–H and O–H groups in total. The third kappa shape index (κ3) is 4.63. The lowest BCUT2D eigenvalue weighted by atomic mass is 10.1. The highest BCUT2D eigenvalue weighted by molar-refractivity contribution is 5.94. The first kappa shape index (κ1) is 19.1. The fraction of sp³-hybridized carbons (Fsp3) is 0.318. The van der Waals surface area contributed by atoms with Gasteiger partial charge in [0.2, 0.25) is 0 Å². The molecule has 0 aliphatic carbocycles. The van der Waals surface area contributed by atoms with Crippen molar-refractivity contribution >= 4 is 5.91 Å². The van der Waals surface area contributed by atoms with Crippen molar-refractivity contribution in [1.82, 2.24) is 24.6 Å². The van der Waals surface area contributed by atoms with E-state index in [1.165, 1.54) is 11.9 Å². The lowest BCUT2D eigenvalue weighted by Gasteiger charge is -2.22. The summed E-state index contributed by atoms with van der Waals surface area (Å²) in [5, 5.41) is 4.11. The number of amides is 1. The van der Waals surface area contributed by atoms with Crippen LogP contribution >= 0.6 is 0 Å². The van der Waals surface area contributed by atoms with E-state index in [1.807, 2.05) is 41.3 Å². The molecule has 1 saturated heterocycles. The third-order valence-corrected chi connectivity index (χ3v) is 5.24. The minimum absolute atomic E-state index is 0.0847. The van der Waals surface area contributed by atoms with Crippen LogP contribution in [-0.4, -0.2) is 63.8 Å². The normalized spacial score (nSPS) is 15.1. The highest BCUT2D eigenvalue weighted by Gasteiger charge is 2.20. The van der Waals surface area contributed by atoms with E-state index in [9.17, 15) is 4.79 Å². The Kier molecular flexibility index (Phi) is 5.86. The second-order valence-corrected chi connectivity index (χ2v) is 7.16. The van der Waals surface area contributed by atoms with Gasteiger partial charge in [-0.2, -0.15) is 5.10 Å². The van der Waals surface area contributed by atoms with Crippen LogP contribution in [0.25, 0.3) is 5.69 Å². The molecule has 1 amide bonds. The Balaban J connectivity index is 1.35. The van der Waals surface area contributed by atoms with Crippen LogP contribution in [0.4, 0.5) is 0 Å². The quantitative estimate of drug-likeness (QED) is 0.669. The fourth-order valence-corrected chi connectivity index (χ4v) is 3.60. The summed E-state index contributed by atoms with van der Waals surface area (Å²) in [6.07, 6.45) is 4.11. The molecule has 4 rings (SSSR count). The second kappa shape index (κ2) is 8.87. The fourth-order valence-electron chi connectivity index (χ4n) is 3.60. The summed E-state index contributed by atoms with van der Waals surface area (Å²) in [4.78, 5) is 21.3. The maximum Gasteiger partial charge on any atom is 0.253 e. The first-order chi connectivity index (χ1) is 14.2. The summed E-state index contributed by atoms with van der Waals surface area (Å²) >= 11 is 0. The molecule has 0 spiro atoms. The van der Waals surface area contributed by atoms with Gasteiger partial charge in [0.1, 0.15) is 18.4 Å². The number of methoxy groups -OCH3 is 1. The molecule has 7 nitrogen and oxygen atoms in total. The van der Waals surface area contributed by atoms with Gasteiger partial charge in [-0.15, -0.1) is 0 Å². The number of aromatic nitrogens is 3. The van der Waals surface area contributed by atoms with E-state index >= 15 is 0 Å². The number of carbonyl (C=O) groups is 1. The molecule has 1 aromatic heterocycles. The summed E-state index contributed by atoms with van der Waals surface area (Å²) in [7, 11) is 1.68. The molecule has 0 atom stereocenters. The van der Waals surface area contributed by atoms with E-state index in [4.69, 9.17) is 4.74 Å². The Hall–Kier alpha value is -3.19. The van der Waals surface area contributed by atoms with Gasteiger partial charge in [0.15, 0.2) is 0 Å². The molecule has 0 radical (unpaired) electrons. The maximum absolute atomic E-state index is 12.9. The summed E-state index contributed by atoms with van der Waals surface area (Å²) in [5.74, 6) is 0.956. The molecule has 150 valence electrons. The van der Waals surface area contributed by atoms with Crippen LogP contribution in [0.2, 0.25) is 0 Å². The zero-order valence-corrected chi connectivity index (χ0v) is 16.6. The number of hydrogen-bond acceptors (Lipinski definition) is 5. The average Bonchev–Trinajstić information content (AvgIpc) is 3.21. The largest absolute Gasteiger partial charge is 0.497 e. The minimum atomic E-state index is 0.0847. The van der Waals surface area contributed by atoms with E-state index in [0.29, 0.717) is 5.56 Å². The van der Waals surface area contributed by atoms with Crippen LogP contribution in [0.15, 0.2) is 61.2 Å². The summed E-state index contributed by atoms with van der Waals surface area (Å²) in [5.41, 5.74) is 2.85. The van der Waals surface area contributed by atoms with Crippen molar-refractivity contribution in [1.29, 1.82) is 0 Å². The Morgan fingerprint density at radius 2 is 1.79 bits per heavy atom. The van der Waals surface area contributed by atoms with Crippen molar-refractivity contribution < 1.29 is 9.53 Å². The number of hydrogen-bond donors (Lipinski definition) is 0. The number of ether oxygens (including phenoxy) is 1. The molecule has 29 heavy (non-hydrogen) atoms. The van der Waals surface area contributed by atoms with Crippen molar-refractivity contribution in [3.63, 3.8) is 0 Å². The standard InChI is InChI=1S/C22H25N5O2/c1-29-21-9-3-18(4-10-21)15-25-11-2-12-26(14-13-25)22(28)19-5-7-20(8-6-19)27-17-23-16-24-27/h3-10,16-17H,2,11-15H2,1H3. The number of rotatable bonds is 5. The zero-order chi connectivity index (χ0) is 20.1. The SMILES string of the molecule is COc1ccc(CN2CCCN(C(=O)c3ccc(-n4cncn4)cc3)CC2)cc1. The first-order valence-corrected chi connectivity index (χ1v) is 9.82. The molecular weight excluding hydrogens is 366 g/mol. The number of nitrogens with zero attached hydrogens (tertiary/aromatic N) is 5. The Labute approximate surface area is 170 Å². The lowest BCUT2D eigenvalue weighted by Crippen LogP contribution is -2.35. The van der Waals surface area contributed by atoms with Gasteiger partial charge < -0.3 is 9.64 Å². The minimum Gasteiger partial charge on any atom is -0.497 e. The predicted octanol–water partition coefficient (Wildman–Crippen LogP) is 2.62. The van der Waals surface area contributed by atoms with Crippen molar-refractivity contribution in [3.05, 3.63) is 72.3 Å². The predicted molar refractivity (Wildman–Crippen MR) is 110 cm³/mol. The van der Waals surface area contributed by atoms with Gasteiger partial charge >= 0.3 is 0 Å². The highest BCUT2D eigenvalue weighted by Crippen LogP contribution is 2.16. The first-order valence-electron chi connectivity index (χ1n) is 9.82. The van der Waals surface area contributed by atoms with Crippen LogP contribution in [0.5, 0.6) is 5.75 Å². The van der Waals surface area contributed by atoms with Gasteiger partial charge in [-0.25, -0.2) is 9.67 Å². The van der Waals surface area contributed by atoms with Crippen molar-refractivity contribution in [3.8, 4) is 11.4 Å². The van der Waals surface area contributed by atoms with Crippen molar-refractivity contribution in [2.24, 2.45) is 0 Å². The van der Waals surface area contributed by atoms with Crippen LogP contribution in [-0.2, 0) is 6.54 Å². The molecule has 1 fully saturated rings. The number of carbonyl (C=O) groups excluding carboxylic acids is 1. The molecule has 0 unspecified atom stereocenters. The smallest absolute Gasteiger partial charge is 0.253 e. The molecule has 0 bridgehead atoms. The van der Waals surface area contributed by atoms with Gasteiger partial charge in [0, 0.05) is 38.3 Å². The summed E-state index contributed by atoms with van der Waals surface area (Å²) < 4.78 is 6.90. The molecule has 1 aliphatic heterocycles. The van der Waals surface area contributed by atoms with Crippen LogP contribution < -0.4 is 4.74 Å². The zero-order valence-electron chi connectivity index (χ0n) is 16.6. The van der Waals surface area contributed by atoms with E-state index in [1.54, 1.807) is 18.1 Å². The monoisotopic (exact) mass is 391 g/mol. The molecule has 3 aromatic rings. The van der Waals surface area contributed by atoms with Gasteiger partial charge in [-0.1, -0.05) is 12.1 Å².